The van der Waals surface area contributed by atoms with Crippen LogP contribution in [-0.4, -0.2) is 0 Å². The molecule has 0 amide bonds. The van der Waals surface area contributed by atoms with E-state index in [0.717, 1.165) is 51.2 Å². The lowest BCUT2D eigenvalue weighted by Gasteiger charge is -2.29. The lowest BCUT2D eigenvalue weighted by atomic mass is 10.0. The molecule has 0 saturated carbocycles. The zero-order chi connectivity index (χ0) is 47.1. The molecule has 0 bridgehead atoms. The van der Waals surface area contributed by atoms with Gasteiger partial charge in [0, 0.05) is 91.5 Å². The summed E-state index contributed by atoms with van der Waals surface area (Å²) in [4.78, 5) is 7.16. The van der Waals surface area contributed by atoms with E-state index in [-0.39, 0.29) is 0 Å². The van der Waals surface area contributed by atoms with Gasteiger partial charge in [0.05, 0.1) is 0 Å². The SMILES string of the molecule is c1ccc(-c2ccc(N(c3ccc(-c4ccccc4)cc3)c3cccc(N(c4ccc5sc6ccccc6c5c4)c4ccc5sc6cc(N(c7ccccc7)c7ccccc7)ccc6c5c4)c3)cc2)cc1. The molecule has 0 radical (unpaired) electrons. The monoisotopic (exact) mass is 943 g/mol. The Balaban J connectivity index is 0.955. The third-order valence-electron chi connectivity index (χ3n) is 13.4. The van der Waals surface area contributed by atoms with E-state index >= 15 is 0 Å². The van der Waals surface area contributed by atoms with Gasteiger partial charge in [-0.25, -0.2) is 0 Å². The molecule has 0 fully saturated rings. The zero-order valence-electron chi connectivity index (χ0n) is 38.6. The van der Waals surface area contributed by atoms with Crippen molar-refractivity contribution in [3.63, 3.8) is 0 Å². The van der Waals surface area contributed by atoms with Gasteiger partial charge in [-0.15, -0.1) is 22.7 Å². The van der Waals surface area contributed by atoms with Crippen LogP contribution in [0.1, 0.15) is 0 Å². The highest BCUT2D eigenvalue weighted by Crippen LogP contribution is 2.47. The van der Waals surface area contributed by atoms with E-state index in [1.807, 2.05) is 22.7 Å². The van der Waals surface area contributed by atoms with Gasteiger partial charge < -0.3 is 14.7 Å². The average molecular weight is 944 g/mol. The van der Waals surface area contributed by atoms with Crippen molar-refractivity contribution in [2.45, 2.75) is 0 Å². The Kier molecular flexibility index (Phi) is 10.9. The first-order chi connectivity index (χ1) is 35.2. The van der Waals surface area contributed by atoms with Crippen molar-refractivity contribution in [2.75, 3.05) is 14.7 Å². The Morgan fingerprint density at radius 3 is 1.03 bits per heavy atom. The van der Waals surface area contributed by atoms with Crippen LogP contribution in [0.4, 0.5) is 51.2 Å². The molecular formula is C66H45N3S2. The maximum absolute atomic E-state index is 2.44. The number of fused-ring (bicyclic) bond motifs is 6. The number of benzene rings is 11. The van der Waals surface area contributed by atoms with Gasteiger partial charge in [0.1, 0.15) is 0 Å². The second-order valence-corrected chi connectivity index (χ2v) is 19.9. The highest BCUT2D eigenvalue weighted by atomic mass is 32.1. The molecule has 0 unspecified atom stereocenters. The topological polar surface area (TPSA) is 9.72 Å². The van der Waals surface area contributed by atoms with Crippen molar-refractivity contribution in [2.24, 2.45) is 0 Å². The molecule has 71 heavy (non-hydrogen) atoms. The van der Waals surface area contributed by atoms with E-state index in [2.05, 4.69) is 288 Å². The number of para-hydroxylation sites is 2. The molecule has 0 atom stereocenters. The number of hydrogen-bond acceptors (Lipinski definition) is 5. The molecular weight excluding hydrogens is 899 g/mol. The summed E-state index contributed by atoms with van der Waals surface area (Å²) in [6, 6.07) is 99.1. The molecule has 13 aromatic rings. The molecule has 0 aliphatic heterocycles. The van der Waals surface area contributed by atoms with Crippen molar-refractivity contribution in [1.29, 1.82) is 0 Å². The fourth-order valence-corrected chi connectivity index (χ4v) is 12.2. The molecule has 5 heteroatoms. The number of hydrogen-bond donors (Lipinski definition) is 0. The Morgan fingerprint density at radius 1 is 0.183 bits per heavy atom. The van der Waals surface area contributed by atoms with Crippen LogP contribution in [0.3, 0.4) is 0 Å². The van der Waals surface area contributed by atoms with Crippen LogP contribution in [0.25, 0.3) is 62.6 Å². The number of nitrogens with zero attached hydrogens (tertiary/aromatic N) is 3. The van der Waals surface area contributed by atoms with E-state index in [0.29, 0.717) is 0 Å². The number of anilines is 9. The molecule has 11 aromatic carbocycles. The molecule has 0 N–H and O–H groups in total. The standard InChI is InChI=1S/C66H45N3S2/c1-5-16-46(17-6-1)48-28-32-52(33-29-48)68(53-34-30-49(31-35-53)47-18-7-2-8-19-47)54-24-15-25-55(42-54)69(56-37-40-64-61(43-56)59-26-13-14-27-63(59)70-64)57-38-41-65-62(44-57)60-39-36-58(45-66(60)71-65)67(50-20-9-3-10-21-50)51-22-11-4-12-23-51/h1-45H. The van der Waals surface area contributed by atoms with Gasteiger partial charge >= 0.3 is 0 Å². The fraction of sp³-hybridized carbons (Fsp3) is 0. The van der Waals surface area contributed by atoms with Crippen LogP contribution < -0.4 is 14.7 Å². The second kappa shape index (κ2) is 18.3. The van der Waals surface area contributed by atoms with Gasteiger partial charge in [-0.1, -0.05) is 152 Å². The number of thiophene rings is 2. The summed E-state index contributed by atoms with van der Waals surface area (Å²) in [5.41, 5.74) is 14.6. The molecule has 2 heterocycles. The lowest BCUT2D eigenvalue weighted by molar-refractivity contribution is 1.25. The quantitative estimate of drug-likeness (QED) is 0.128. The van der Waals surface area contributed by atoms with E-state index in [9.17, 15) is 0 Å². The van der Waals surface area contributed by atoms with Crippen molar-refractivity contribution >= 4 is 114 Å². The molecule has 0 aliphatic rings. The largest absolute Gasteiger partial charge is 0.310 e. The van der Waals surface area contributed by atoms with Crippen LogP contribution in [0, 0.1) is 0 Å². The Hall–Kier alpha value is -8.74. The Labute approximate surface area is 421 Å². The summed E-state index contributed by atoms with van der Waals surface area (Å²) >= 11 is 3.70. The van der Waals surface area contributed by atoms with Crippen molar-refractivity contribution in [3.05, 3.63) is 273 Å². The highest BCUT2D eigenvalue weighted by molar-refractivity contribution is 7.26. The summed E-state index contributed by atoms with van der Waals surface area (Å²) < 4.78 is 5.08. The van der Waals surface area contributed by atoms with Crippen LogP contribution in [0.2, 0.25) is 0 Å². The zero-order valence-corrected chi connectivity index (χ0v) is 40.3. The Bertz CT molecular complexity index is 3860. The first kappa shape index (κ1) is 42.4. The first-order valence-electron chi connectivity index (χ1n) is 24.0. The summed E-state index contributed by atoms with van der Waals surface area (Å²) in [6.45, 7) is 0. The second-order valence-electron chi connectivity index (χ2n) is 17.8. The average Bonchev–Trinajstić information content (AvgIpc) is 4.00. The molecule has 0 spiro atoms. The van der Waals surface area contributed by atoms with E-state index < -0.39 is 0 Å². The highest BCUT2D eigenvalue weighted by Gasteiger charge is 2.21. The van der Waals surface area contributed by atoms with Crippen LogP contribution in [-0.2, 0) is 0 Å². The maximum Gasteiger partial charge on any atom is 0.0482 e. The molecule has 3 nitrogen and oxygen atoms in total. The van der Waals surface area contributed by atoms with Gasteiger partial charge in [0.25, 0.3) is 0 Å². The normalized spacial score (nSPS) is 11.4. The summed E-state index contributed by atoms with van der Waals surface area (Å²) in [7, 11) is 0. The summed E-state index contributed by atoms with van der Waals surface area (Å²) in [6.07, 6.45) is 0. The third kappa shape index (κ3) is 8.07. The Morgan fingerprint density at radius 2 is 0.507 bits per heavy atom. The van der Waals surface area contributed by atoms with E-state index in [1.54, 1.807) is 0 Å². The predicted molar refractivity (Wildman–Crippen MR) is 307 cm³/mol. The van der Waals surface area contributed by atoms with E-state index in [1.165, 1.54) is 62.6 Å². The molecule has 2 aromatic heterocycles. The maximum atomic E-state index is 2.44. The minimum Gasteiger partial charge on any atom is -0.310 e. The minimum absolute atomic E-state index is 1.06. The van der Waals surface area contributed by atoms with Crippen molar-refractivity contribution in [3.8, 4) is 22.3 Å². The summed E-state index contributed by atoms with van der Waals surface area (Å²) in [5.74, 6) is 0. The molecule has 336 valence electrons. The molecule has 0 aliphatic carbocycles. The van der Waals surface area contributed by atoms with Gasteiger partial charge in [-0.2, -0.15) is 0 Å². The minimum atomic E-state index is 1.06. The third-order valence-corrected chi connectivity index (χ3v) is 15.7. The van der Waals surface area contributed by atoms with Crippen molar-refractivity contribution in [1.82, 2.24) is 0 Å². The van der Waals surface area contributed by atoms with Crippen LogP contribution in [0.15, 0.2) is 273 Å². The van der Waals surface area contributed by atoms with Gasteiger partial charge in [-0.05, 0) is 144 Å². The predicted octanol–water partition coefficient (Wildman–Crippen LogP) is 20.2. The van der Waals surface area contributed by atoms with Crippen LogP contribution in [0.5, 0.6) is 0 Å². The van der Waals surface area contributed by atoms with E-state index in [4.69, 9.17) is 0 Å². The first-order valence-corrected chi connectivity index (χ1v) is 25.6. The molecule has 0 saturated heterocycles. The van der Waals surface area contributed by atoms with Crippen molar-refractivity contribution < 1.29 is 0 Å². The lowest BCUT2D eigenvalue weighted by Crippen LogP contribution is -2.13. The van der Waals surface area contributed by atoms with Gasteiger partial charge in [-0.3, -0.25) is 0 Å². The smallest absolute Gasteiger partial charge is 0.0482 e. The number of rotatable bonds is 11. The fourth-order valence-electron chi connectivity index (χ4n) is 10.0. The van der Waals surface area contributed by atoms with Gasteiger partial charge in [0.15, 0.2) is 0 Å². The summed E-state index contributed by atoms with van der Waals surface area (Å²) in [5, 5.41) is 5.02. The van der Waals surface area contributed by atoms with Gasteiger partial charge in [0.2, 0.25) is 0 Å². The van der Waals surface area contributed by atoms with Crippen LogP contribution >= 0.6 is 22.7 Å². The molecule has 13 rings (SSSR count).